The quantitative estimate of drug-likeness (QED) is 0.747. The van der Waals surface area contributed by atoms with Crippen molar-refractivity contribution in [3.05, 3.63) is 10.6 Å². The number of ether oxygens (including phenoxy) is 1. The van der Waals surface area contributed by atoms with E-state index in [-0.39, 0.29) is 0 Å². The third-order valence-electron chi connectivity index (χ3n) is 4.22. The summed E-state index contributed by atoms with van der Waals surface area (Å²) in [7, 11) is 1.75. The highest BCUT2D eigenvalue weighted by Crippen LogP contribution is 2.31. The van der Waals surface area contributed by atoms with Gasteiger partial charge in [-0.15, -0.1) is 11.3 Å². The van der Waals surface area contributed by atoms with Crippen LogP contribution >= 0.6 is 11.3 Å². The van der Waals surface area contributed by atoms with Crippen LogP contribution in [-0.2, 0) is 17.9 Å². The average molecular weight is 311 g/mol. The van der Waals surface area contributed by atoms with Gasteiger partial charge in [-0.2, -0.15) is 0 Å². The molecular weight excluding hydrogens is 282 g/mol. The number of hydrogen-bond donors (Lipinski definition) is 1. The third-order valence-corrected chi connectivity index (χ3v) is 5.38. The molecule has 1 aromatic rings. The average Bonchev–Trinajstić information content (AvgIpc) is 2.91. The maximum absolute atomic E-state index is 5.31. The molecule has 0 unspecified atom stereocenters. The highest BCUT2D eigenvalue weighted by molar-refractivity contribution is 7.15. The van der Waals surface area contributed by atoms with Gasteiger partial charge in [-0.05, 0) is 31.7 Å². The molecule has 2 heterocycles. The molecule has 1 fully saturated rings. The summed E-state index contributed by atoms with van der Waals surface area (Å²) in [6.07, 6.45) is 5.08. The molecular formula is C16H29N3OS. The Morgan fingerprint density at radius 1 is 1.33 bits per heavy atom. The van der Waals surface area contributed by atoms with Crippen LogP contribution in [0.1, 0.15) is 50.1 Å². The minimum Gasteiger partial charge on any atom is -0.378 e. The van der Waals surface area contributed by atoms with Gasteiger partial charge in [-0.3, -0.25) is 0 Å². The van der Waals surface area contributed by atoms with Gasteiger partial charge in [0, 0.05) is 31.6 Å². The molecule has 2 rings (SSSR count). The van der Waals surface area contributed by atoms with Gasteiger partial charge in [0.15, 0.2) is 5.13 Å². The topological polar surface area (TPSA) is 37.4 Å². The highest BCUT2D eigenvalue weighted by Gasteiger charge is 2.21. The fourth-order valence-electron chi connectivity index (χ4n) is 2.80. The van der Waals surface area contributed by atoms with Crippen molar-refractivity contribution in [2.45, 2.75) is 52.7 Å². The SMILES string of the molecule is CCCNCc1sc(N2CCC(CC)CC2)nc1COC. The van der Waals surface area contributed by atoms with Crippen LogP contribution < -0.4 is 10.2 Å². The summed E-state index contributed by atoms with van der Waals surface area (Å²) >= 11 is 1.84. The largest absolute Gasteiger partial charge is 0.378 e. The summed E-state index contributed by atoms with van der Waals surface area (Å²) in [6.45, 7) is 9.39. The van der Waals surface area contributed by atoms with Gasteiger partial charge in [-0.25, -0.2) is 4.98 Å². The van der Waals surface area contributed by atoms with Gasteiger partial charge in [0.25, 0.3) is 0 Å². The molecule has 4 nitrogen and oxygen atoms in total. The van der Waals surface area contributed by atoms with Gasteiger partial charge in [0.2, 0.25) is 0 Å². The van der Waals surface area contributed by atoms with Crippen LogP contribution in [0.3, 0.4) is 0 Å². The Morgan fingerprint density at radius 2 is 2.10 bits per heavy atom. The molecule has 5 heteroatoms. The predicted octanol–water partition coefficient (Wildman–Crippen LogP) is 3.42. The Bertz CT molecular complexity index is 414. The van der Waals surface area contributed by atoms with E-state index in [1.165, 1.54) is 29.3 Å². The number of nitrogens with zero attached hydrogens (tertiary/aromatic N) is 2. The lowest BCUT2D eigenvalue weighted by atomic mass is 9.95. The number of piperidine rings is 1. The summed E-state index contributed by atoms with van der Waals surface area (Å²) in [6, 6.07) is 0. The zero-order valence-electron chi connectivity index (χ0n) is 13.7. The Labute approximate surface area is 132 Å². The summed E-state index contributed by atoms with van der Waals surface area (Å²) in [5, 5.41) is 4.66. The van der Waals surface area contributed by atoms with Gasteiger partial charge < -0.3 is 15.0 Å². The molecule has 1 aliphatic heterocycles. The van der Waals surface area contributed by atoms with Crippen molar-refractivity contribution in [1.82, 2.24) is 10.3 Å². The van der Waals surface area contributed by atoms with Crippen LogP contribution in [0.25, 0.3) is 0 Å². The van der Waals surface area contributed by atoms with E-state index < -0.39 is 0 Å². The first-order valence-corrected chi connectivity index (χ1v) is 9.03. The maximum atomic E-state index is 5.31. The Hall–Kier alpha value is -0.650. The Morgan fingerprint density at radius 3 is 2.71 bits per heavy atom. The van der Waals surface area contributed by atoms with E-state index in [1.54, 1.807) is 7.11 Å². The number of rotatable bonds is 8. The van der Waals surface area contributed by atoms with Crippen LogP contribution in [0.4, 0.5) is 5.13 Å². The van der Waals surface area contributed by atoms with Crippen LogP contribution in [-0.4, -0.2) is 31.7 Å². The van der Waals surface area contributed by atoms with Crippen LogP contribution in [0.15, 0.2) is 0 Å². The lowest BCUT2D eigenvalue weighted by molar-refractivity contribution is 0.181. The number of aromatic nitrogens is 1. The van der Waals surface area contributed by atoms with Gasteiger partial charge in [0.05, 0.1) is 12.3 Å². The second-order valence-electron chi connectivity index (χ2n) is 5.81. The van der Waals surface area contributed by atoms with Crippen molar-refractivity contribution in [3.63, 3.8) is 0 Å². The van der Waals surface area contributed by atoms with E-state index in [0.29, 0.717) is 6.61 Å². The Kier molecular flexibility index (Phi) is 6.93. The van der Waals surface area contributed by atoms with E-state index in [0.717, 1.165) is 44.2 Å². The van der Waals surface area contributed by atoms with Crippen molar-refractivity contribution < 1.29 is 4.74 Å². The highest BCUT2D eigenvalue weighted by atomic mass is 32.1. The van der Waals surface area contributed by atoms with Crippen molar-refractivity contribution >= 4 is 16.5 Å². The van der Waals surface area contributed by atoms with Crippen LogP contribution in [0, 0.1) is 5.92 Å². The molecule has 0 bridgehead atoms. The second-order valence-corrected chi connectivity index (χ2v) is 6.88. The number of anilines is 1. The number of thiazole rings is 1. The normalized spacial score (nSPS) is 16.6. The van der Waals surface area contributed by atoms with Crippen molar-refractivity contribution in [1.29, 1.82) is 0 Å². The van der Waals surface area contributed by atoms with E-state index in [9.17, 15) is 0 Å². The van der Waals surface area contributed by atoms with Crippen LogP contribution in [0.5, 0.6) is 0 Å². The van der Waals surface area contributed by atoms with Crippen molar-refractivity contribution in [2.75, 3.05) is 31.6 Å². The minimum atomic E-state index is 0.616. The monoisotopic (exact) mass is 311 g/mol. The number of hydrogen-bond acceptors (Lipinski definition) is 5. The standard InChI is InChI=1S/C16H29N3OS/c1-4-8-17-11-15-14(12-20-3)18-16(21-15)19-9-6-13(5-2)7-10-19/h13,17H,4-12H2,1-3H3. The molecule has 1 aliphatic rings. The molecule has 0 spiro atoms. The molecule has 1 saturated heterocycles. The predicted molar refractivity (Wildman–Crippen MR) is 90.1 cm³/mol. The van der Waals surface area contributed by atoms with E-state index >= 15 is 0 Å². The zero-order chi connectivity index (χ0) is 15.1. The minimum absolute atomic E-state index is 0.616. The Balaban J connectivity index is 2.00. The van der Waals surface area contributed by atoms with Crippen LogP contribution in [0.2, 0.25) is 0 Å². The molecule has 0 saturated carbocycles. The van der Waals surface area contributed by atoms with Crippen molar-refractivity contribution in [3.8, 4) is 0 Å². The molecule has 0 aliphatic carbocycles. The first-order chi connectivity index (χ1) is 10.3. The smallest absolute Gasteiger partial charge is 0.185 e. The molecule has 120 valence electrons. The summed E-state index contributed by atoms with van der Waals surface area (Å²) in [5.74, 6) is 0.908. The summed E-state index contributed by atoms with van der Waals surface area (Å²) in [4.78, 5) is 8.62. The second kappa shape index (κ2) is 8.71. The molecule has 21 heavy (non-hydrogen) atoms. The van der Waals surface area contributed by atoms with E-state index in [2.05, 4.69) is 24.1 Å². The zero-order valence-corrected chi connectivity index (χ0v) is 14.5. The summed E-state index contributed by atoms with van der Waals surface area (Å²) < 4.78 is 5.31. The fraction of sp³-hybridized carbons (Fsp3) is 0.812. The third kappa shape index (κ3) is 4.66. The first kappa shape index (κ1) is 16.7. The molecule has 0 amide bonds. The summed E-state index contributed by atoms with van der Waals surface area (Å²) in [5.41, 5.74) is 1.11. The number of methoxy groups -OCH3 is 1. The van der Waals surface area contributed by atoms with E-state index in [4.69, 9.17) is 9.72 Å². The first-order valence-electron chi connectivity index (χ1n) is 8.21. The van der Waals surface area contributed by atoms with Gasteiger partial charge >= 0.3 is 0 Å². The lowest BCUT2D eigenvalue weighted by Crippen LogP contribution is -2.33. The lowest BCUT2D eigenvalue weighted by Gasteiger charge is -2.31. The molecule has 1 aromatic heterocycles. The van der Waals surface area contributed by atoms with Crippen molar-refractivity contribution in [2.24, 2.45) is 5.92 Å². The fourth-order valence-corrected chi connectivity index (χ4v) is 3.89. The van der Waals surface area contributed by atoms with Gasteiger partial charge in [-0.1, -0.05) is 20.3 Å². The molecule has 0 atom stereocenters. The molecule has 1 N–H and O–H groups in total. The maximum Gasteiger partial charge on any atom is 0.185 e. The van der Waals surface area contributed by atoms with Gasteiger partial charge in [0.1, 0.15) is 0 Å². The van der Waals surface area contributed by atoms with E-state index in [1.807, 2.05) is 11.3 Å². The molecule has 0 radical (unpaired) electrons. The molecule has 0 aromatic carbocycles. The number of nitrogens with one attached hydrogen (secondary N) is 1.